The molecule has 0 fully saturated rings. The van der Waals surface area contributed by atoms with Gasteiger partial charge in [-0.2, -0.15) is 0 Å². The molecule has 0 heterocycles. The summed E-state index contributed by atoms with van der Waals surface area (Å²) in [5, 5.41) is 25.6. The first-order valence-electron chi connectivity index (χ1n) is 6.41. The van der Waals surface area contributed by atoms with Gasteiger partial charge in [-0.1, -0.05) is 23.2 Å². The second-order valence-electron chi connectivity index (χ2n) is 4.65. The summed E-state index contributed by atoms with van der Waals surface area (Å²) >= 11 is 11.7. The van der Waals surface area contributed by atoms with Crippen LogP contribution in [0.4, 0.5) is 16.2 Å². The van der Waals surface area contributed by atoms with E-state index in [0.29, 0.717) is 10.7 Å². The first-order valence-corrected chi connectivity index (χ1v) is 7.16. The van der Waals surface area contributed by atoms with E-state index in [0.717, 1.165) is 0 Å². The molecule has 2 aromatic carbocycles. The maximum absolute atomic E-state index is 11.9. The average Bonchev–Trinajstić information content (AvgIpc) is 2.44. The number of amides is 2. The first-order chi connectivity index (χ1) is 10.4. The maximum Gasteiger partial charge on any atom is 0.323 e. The van der Waals surface area contributed by atoms with Crippen LogP contribution in [0.15, 0.2) is 36.4 Å². The van der Waals surface area contributed by atoms with Gasteiger partial charge in [-0.3, -0.25) is 0 Å². The van der Waals surface area contributed by atoms with Crippen LogP contribution in [-0.4, -0.2) is 16.2 Å². The Morgan fingerprint density at radius 1 is 1.09 bits per heavy atom. The van der Waals surface area contributed by atoms with Gasteiger partial charge < -0.3 is 20.8 Å². The van der Waals surface area contributed by atoms with Crippen molar-refractivity contribution in [3.63, 3.8) is 0 Å². The van der Waals surface area contributed by atoms with Crippen LogP contribution in [-0.2, 0) is 0 Å². The second-order valence-corrected chi connectivity index (χ2v) is 5.53. The van der Waals surface area contributed by atoms with Crippen LogP contribution in [0.25, 0.3) is 0 Å². The summed E-state index contributed by atoms with van der Waals surface area (Å²) in [6, 6.07) is 8.83. The van der Waals surface area contributed by atoms with Gasteiger partial charge in [0.15, 0.2) is 0 Å². The molecular formula is C15H14Cl2N2O3. The van der Waals surface area contributed by atoms with Crippen molar-refractivity contribution in [3.05, 3.63) is 52.0 Å². The lowest BCUT2D eigenvalue weighted by atomic mass is 10.1. The van der Waals surface area contributed by atoms with Crippen LogP contribution in [0.1, 0.15) is 18.6 Å². The second kappa shape index (κ2) is 6.87. The van der Waals surface area contributed by atoms with E-state index in [1.54, 1.807) is 24.3 Å². The van der Waals surface area contributed by atoms with E-state index < -0.39 is 12.1 Å². The van der Waals surface area contributed by atoms with Gasteiger partial charge in [-0.15, -0.1) is 0 Å². The van der Waals surface area contributed by atoms with Crippen LogP contribution in [0, 0.1) is 0 Å². The normalized spacial score (nSPS) is 11.8. The zero-order chi connectivity index (χ0) is 16.3. The van der Waals surface area contributed by atoms with Gasteiger partial charge in [0.1, 0.15) is 5.75 Å². The fourth-order valence-electron chi connectivity index (χ4n) is 1.85. The lowest BCUT2D eigenvalue weighted by Crippen LogP contribution is -2.19. The van der Waals surface area contributed by atoms with E-state index in [2.05, 4.69) is 10.6 Å². The molecule has 2 aromatic rings. The summed E-state index contributed by atoms with van der Waals surface area (Å²) in [4.78, 5) is 11.9. The Morgan fingerprint density at radius 2 is 1.73 bits per heavy atom. The number of benzene rings is 2. The molecule has 0 spiro atoms. The molecule has 2 rings (SSSR count). The monoisotopic (exact) mass is 340 g/mol. The number of aliphatic hydroxyl groups is 1. The van der Waals surface area contributed by atoms with Crippen molar-refractivity contribution >= 4 is 40.6 Å². The van der Waals surface area contributed by atoms with Crippen molar-refractivity contribution in [1.82, 2.24) is 0 Å². The summed E-state index contributed by atoms with van der Waals surface area (Å²) in [6.45, 7) is 1.49. The van der Waals surface area contributed by atoms with Crippen LogP contribution in [0.3, 0.4) is 0 Å². The molecule has 0 saturated heterocycles. The third-order valence-electron chi connectivity index (χ3n) is 2.90. The predicted molar refractivity (Wildman–Crippen MR) is 87.8 cm³/mol. The van der Waals surface area contributed by atoms with Crippen molar-refractivity contribution in [2.45, 2.75) is 13.0 Å². The van der Waals surface area contributed by atoms with E-state index in [-0.39, 0.29) is 22.0 Å². The van der Waals surface area contributed by atoms with Gasteiger partial charge in [0.2, 0.25) is 0 Å². The number of anilines is 2. The lowest BCUT2D eigenvalue weighted by molar-refractivity contribution is 0.195. The molecule has 5 nitrogen and oxygen atoms in total. The van der Waals surface area contributed by atoms with Crippen LogP contribution in [0.5, 0.6) is 5.75 Å². The van der Waals surface area contributed by atoms with Gasteiger partial charge in [-0.05, 0) is 43.3 Å². The predicted octanol–water partition coefficient (Wildman–Crippen LogP) is 4.40. The van der Waals surface area contributed by atoms with E-state index >= 15 is 0 Å². The number of carbonyl (C=O) groups is 1. The molecule has 0 aliphatic rings. The molecule has 0 aromatic heterocycles. The smallest absolute Gasteiger partial charge is 0.323 e. The van der Waals surface area contributed by atoms with Crippen LogP contribution in [0.2, 0.25) is 10.0 Å². The SMILES string of the molecule is CC(O)c1cc(Cl)cc(NC(=O)Nc2ccc(Cl)cc2)c1O. The summed E-state index contributed by atoms with van der Waals surface area (Å²) in [7, 11) is 0. The van der Waals surface area contributed by atoms with Gasteiger partial charge in [-0.25, -0.2) is 4.79 Å². The van der Waals surface area contributed by atoms with Crippen molar-refractivity contribution in [3.8, 4) is 5.75 Å². The van der Waals surface area contributed by atoms with E-state index in [9.17, 15) is 15.0 Å². The van der Waals surface area contributed by atoms with Gasteiger partial charge in [0.25, 0.3) is 0 Å². The molecule has 0 aliphatic carbocycles. The fraction of sp³-hybridized carbons (Fsp3) is 0.133. The van der Waals surface area contributed by atoms with E-state index in [1.165, 1.54) is 19.1 Å². The molecule has 22 heavy (non-hydrogen) atoms. The number of aliphatic hydroxyl groups excluding tert-OH is 1. The molecule has 0 bridgehead atoms. The Balaban J connectivity index is 2.16. The third-order valence-corrected chi connectivity index (χ3v) is 3.37. The lowest BCUT2D eigenvalue weighted by Gasteiger charge is -2.14. The zero-order valence-electron chi connectivity index (χ0n) is 11.6. The largest absolute Gasteiger partial charge is 0.505 e. The van der Waals surface area contributed by atoms with Crippen LogP contribution >= 0.6 is 23.2 Å². The fourth-order valence-corrected chi connectivity index (χ4v) is 2.20. The number of urea groups is 1. The number of hydrogen-bond donors (Lipinski definition) is 4. The first kappa shape index (κ1) is 16.4. The maximum atomic E-state index is 11.9. The minimum atomic E-state index is -0.918. The topological polar surface area (TPSA) is 81.6 Å². The number of phenols is 1. The minimum absolute atomic E-state index is 0.106. The highest BCUT2D eigenvalue weighted by atomic mass is 35.5. The molecule has 0 radical (unpaired) electrons. The summed E-state index contributed by atoms with van der Waals surface area (Å²) in [6.07, 6.45) is -0.918. The van der Waals surface area contributed by atoms with Gasteiger partial charge >= 0.3 is 6.03 Å². The number of aromatic hydroxyl groups is 1. The standard InChI is InChI=1S/C15H14Cl2N2O3/c1-8(20)12-6-10(17)7-13(14(12)21)19-15(22)18-11-4-2-9(16)3-5-11/h2-8,20-21H,1H3,(H2,18,19,22). The molecule has 2 amide bonds. The number of rotatable bonds is 3. The van der Waals surface area contributed by atoms with Crippen molar-refractivity contribution in [1.29, 1.82) is 0 Å². The Morgan fingerprint density at radius 3 is 2.32 bits per heavy atom. The molecule has 116 valence electrons. The molecule has 4 N–H and O–H groups in total. The summed E-state index contributed by atoms with van der Waals surface area (Å²) in [5.41, 5.74) is 0.878. The average molecular weight is 341 g/mol. The Kier molecular flexibility index (Phi) is 5.13. The van der Waals surface area contributed by atoms with E-state index in [1.807, 2.05) is 0 Å². The van der Waals surface area contributed by atoms with Crippen molar-refractivity contribution in [2.75, 3.05) is 10.6 Å². The molecule has 7 heteroatoms. The highest BCUT2D eigenvalue weighted by molar-refractivity contribution is 6.31. The van der Waals surface area contributed by atoms with E-state index in [4.69, 9.17) is 23.2 Å². The number of carbonyl (C=O) groups excluding carboxylic acids is 1. The Bertz CT molecular complexity index is 688. The zero-order valence-corrected chi connectivity index (χ0v) is 13.1. The Labute approximate surface area is 137 Å². The molecule has 1 unspecified atom stereocenters. The Hall–Kier alpha value is -1.95. The molecule has 0 saturated carbocycles. The summed E-state index contributed by atoms with van der Waals surface area (Å²) in [5.74, 6) is -0.231. The molecular weight excluding hydrogens is 327 g/mol. The van der Waals surface area contributed by atoms with Crippen molar-refractivity contribution < 1.29 is 15.0 Å². The van der Waals surface area contributed by atoms with Crippen molar-refractivity contribution in [2.24, 2.45) is 0 Å². The molecule has 1 atom stereocenters. The minimum Gasteiger partial charge on any atom is -0.505 e. The number of phenolic OH excluding ortho intramolecular Hbond substituents is 1. The van der Waals surface area contributed by atoms with Crippen LogP contribution < -0.4 is 10.6 Å². The number of nitrogens with one attached hydrogen (secondary N) is 2. The molecule has 0 aliphatic heterocycles. The third kappa shape index (κ3) is 4.04. The quantitative estimate of drug-likeness (QED) is 0.625. The van der Waals surface area contributed by atoms with Gasteiger partial charge in [0, 0.05) is 21.3 Å². The highest BCUT2D eigenvalue weighted by Crippen LogP contribution is 2.35. The number of halogens is 2. The highest BCUT2D eigenvalue weighted by Gasteiger charge is 2.15. The summed E-state index contributed by atoms with van der Waals surface area (Å²) < 4.78 is 0. The van der Waals surface area contributed by atoms with Gasteiger partial charge in [0.05, 0.1) is 11.8 Å². The number of hydrogen-bond acceptors (Lipinski definition) is 3.